The summed E-state index contributed by atoms with van der Waals surface area (Å²) in [6, 6.07) is 4.96. The number of anilines is 1. The first-order chi connectivity index (χ1) is 18.0. The van der Waals surface area contributed by atoms with Crippen LogP contribution >= 0.6 is 0 Å². The lowest BCUT2D eigenvalue weighted by atomic mass is 9.97. The molecule has 15 heteroatoms. The fraction of sp³-hybridized carbons (Fsp3) is 0.292. The Kier molecular flexibility index (Phi) is 6.89. The summed E-state index contributed by atoms with van der Waals surface area (Å²) in [4.78, 5) is 30.2. The highest BCUT2D eigenvalue weighted by molar-refractivity contribution is 5.98. The Balaban J connectivity index is 1.82. The van der Waals surface area contributed by atoms with Crippen LogP contribution < -0.4 is 15.2 Å². The van der Waals surface area contributed by atoms with Crippen molar-refractivity contribution in [2.24, 2.45) is 0 Å². The van der Waals surface area contributed by atoms with Crippen molar-refractivity contribution >= 4 is 11.9 Å². The van der Waals surface area contributed by atoms with Crippen molar-refractivity contribution in [1.29, 1.82) is 0 Å². The summed E-state index contributed by atoms with van der Waals surface area (Å²) in [5, 5.41) is 0. The molecule has 1 aliphatic heterocycles. The number of fused-ring (bicyclic) bond motifs is 1. The van der Waals surface area contributed by atoms with Crippen LogP contribution in [0.5, 0.6) is 5.75 Å². The molecule has 1 atom stereocenters. The SMILES string of the molecule is COc1ccc(CN2C(=O)C(Cc3ccc(C(F)(F)F)cc3C(F)(F)F)n3c2nc(C(F)(F)F)cc3=O)cc1. The lowest BCUT2D eigenvalue weighted by Crippen LogP contribution is -2.30. The Morgan fingerprint density at radius 1 is 0.846 bits per heavy atom. The van der Waals surface area contributed by atoms with Gasteiger partial charge in [0.1, 0.15) is 11.8 Å². The second-order valence-corrected chi connectivity index (χ2v) is 8.51. The number of hydrogen-bond donors (Lipinski definition) is 0. The molecule has 0 radical (unpaired) electrons. The molecule has 2 aromatic carbocycles. The maximum Gasteiger partial charge on any atom is 0.433 e. The molecule has 4 rings (SSSR count). The highest BCUT2D eigenvalue weighted by Crippen LogP contribution is 2.40. The molecule has 208 valence electrons. The van der Waals surface area contributed by atoms with E-state index in [-0.39, 0.29) is 12.1 Å². The average molecular weight is 565 g/mol. The van der Waals surface area contributed by atoms with Crippen molar-refractivity contribution in [3.8, 4) is 5.75 Å². The molecule has 0 bridgehead atoms. The smallest absolute Gasteiger partial charge is 0.433 e. The van der Waals surface area contributed by atoms with Gasteiger partial charge in [-0.3, -0.25) is 19.1 Å². The van der Waals surface area contributed by atoms with Gasteiger partial charge in [0.15, 0.2) is 5.69 Å². The highest BCUT2D eigenvalue weighted by atomic mass is 19.4. The average Bonchev–Trinajstić information content (AvgIpc) is 3.09. The van der Waals surface area contributed by atoms with Crippen molar-refractivity contribution in [2.75, 3.05) is 12.0 Å². The van der Waals surface area contributed by atoms with Gasteiger partial charge in [-0.25, -0.2) is 4.98 Å². The third-order valence-electron chi connectivity index (χ3n) is 5.98. The van der Waals surface area contributed by atoms with Gasteiger partial charge < -0.3 is 4.74 Å². The minimum atomic E-state index is -5.27. The molecular weight excluding hydrogens is 549 g/mol. The van der Waals surface area contributed by atoms with E-state index in [0.29, 0.717) is 32.9 Å². The summed E-state index contributed by atoms with van der Waals surface area (Å²) in [6.07, 6.45) is -16.4. The number of hydrogen-bond acceptors (Lipinski definition) is 4. The standard InChI is InChI=1S/C24H16F9N3O3/c1-39-15-6-2-12(3-7-15)11-35-20(38)17(36-19(37)10-18(24(31,32)33)34-21(35)36)8-13-4-5-14(22(25,26)27)9-16(13)23(28,29)30/h2-7,9-10,17H,8,11H2,1H3. The van der Waals surface area contributed by atoms with Crippen molar-refractivity contribution in [2.45, 2.75) is 37.5 Å². The molecule has 3 aromatic rings. The van der Waals surface area contributed by atoms with Crippen molar-refractivity contribution < 1.29 is 49.0 Å². The maximum atomic E-state index is 13.7. The maximum absolute atomic E-state index is 13.7. The normalized spacial score (nSPS) is 16.0. The molecule has 0 saturated carbocycles. The number of alkyl halides is 9. The van der Waals surface area contributed by atoms with Crippen LogP contribution in [-0.4, -0.2) is 22.6 Å². The van der Waals surface area contributed by atoms with Gasteiger partial charge in [0.25, 0.3) is 11.5 Å². The topological polar surface area (TPSA) is 64.4 Å². The molecule has 39 heavy (non-hydrogen) atoms. The zero-order valence-electron chi connectivity index (χ0n) is 19.6. The molecule has 0 saturated heterocycles. The zero-order chi connectivity index (χ0) is 28.9. The van der Waals surface area contributed by atoms with E-state index < -0.39 is 77.3 Å². The molecule has 0 N–H and O–H groups in total. The number of methoxy groups -OCH3 is 1. The number of aromatic nitrogens is 2. The van der Waals surface area contributed by atoms with Crippen molar-refractivity contribution in [1.82, 2.24) is 9.55 Å². The summed E-state index contributed by atoms with van der Waals surface area (Å²) in [5.41, 5.74) is -6.70. The molecular formula is C24H16F9N3O3. The van der Waals surface area contributed by atoms with Gasteiger partial charge in [0.05, 0.1) is 24.8 Å². The van der Waals surface area contributed by atoms with Crippen LogP contribution in [0.15, 0.2) is 53.3 Å². The third-order valence-corrected chi connectivity index (χ3v) is 5.98. The van der Waals surface area contributed by atoms with Crippen LogP contribution in [0.25, 0.3) is 0 Å². The lowest BCUT2D eigenvalue weighted by Gasteiger charge is -2.19. The molecule has 6 nitrogen and oxygen atoms in total. The van der Waals surface area contributed by atoms with Crippen LogP contribution in [0, 0.1) is 0 Å². The number of benzene rings is 2. The lowest BCUT2D eigenvalue weighted by molar-refractivity contribution is -0.144. The van der Waals surface area contributed by atoms with E-state index in [4.69, 9.17) is 4.74 Å². The van der Waals surface area contributed by atoms with Gasteiger partial charge in [-0.15, -0.1) is 0 Å². The van der Waals surface area contributed by atoms with Crippen molar-refractivity contribution in [3.63, 3.8) is 0 Å². The quantitative estimate of drug-likeness (QED) is 0.376. The Labute approximate surface area is 213 Å². The second-order valence-electron chi connectivity index (χ2n) is 8.51. The molecule has 0 spiro atoms. The predicted octanol–water partition coefficient (Wildman–Crippen LogP) is 5.64. The summed E-state index contributed by atoms with van der Waals surface area (Å²) >= 11 is 0. The number of halogens is 9. The zero-order valence-corrected chi connectivity index (χ0v) is 19.6. The van der Waals surface area contributed by atoms with Gasteiger partial charge >= 0.3 is 18.5 Å². The predicted molar refractivity (Wildman–Crippen MR) is 117 cm³/mol. The summed E-state index contributed by atoms with van der Waals surface area (Å²) < 4.78 is 126. The van der Waals surface area contributed by atoms with E-state index in [0.717, 1.165) is 0 Å². The highest BCUT2D eigenvalue weighted by Gasteiger charge is 2.44. The van der Waals surface area contributed by atoms with Gasteiger partial charge in [0, 0.05) is 12.5 Å². The van der Waals surface area contributed by atoms with E-state index in [1.165, 1.54) is 31.4 Å². The Morgan fingerprint density at radius 2 is 1.49 bits per heavy atom. The number of amides is 1. The Morgan fingerprint density at radius 3 is 2.03 bits per heavy atom. The number of nitrogens with zero attached hydrogens (tertiary/aromatic N) is 3. The van der Waals surface area contributed by atoms with E-state index in [2.05, 4.69) is 4.98 Å². The molecule has 2 heterocycles. The minimum Gasteiger partial charge on any atom is -0.497 e. The van der Waals surface area contributed by atoms with Gasteiger partial charge in [-0.1, -0.05) is 18.2 Å². The van der Waals surface area contributed by atoms with Crippen LogP contribution in [0.1, 0.15) is 34.0 Å². The summed E-state index contributed by atoms with van der Waals surface area (Å²) in [6.45, 7) is -0.410. The largest absolute Gasteiger partial charge is 0.497 e. The first-order valence-corrected chi connectivity index (χ1v) is 10.9. The molecule has 0 fully saturated rings. The van der Waals surface area contributed by atoms with E-state index in [1.54, 1.807) is 0 Å². The summed E-state index contributed by atoms with van der Waals surface area (Å²) in [7, 11) is 1.38. The fourth-order valence-corrected chi connectivity index (χ4v) is 4.14. The third kappa shape index (κ3) is 5.56. The number of carbonyl (C=O) groups is 1. The van der Waals surface area contributed by atoms with E-state index >= 15 is 0 Å². The Hall–Kier alpha value is -4.04. The monoisotopic (exact) mass is 565 g/mol. The Bertz CT molecular complexity index is 1460. The van der Waals surface area contributed by atoms with Crippen LogP contribution in [-0.2, 0) is 36.3 Å². The van der Waals surface area contributed by atoms with Gasteiger partial charge in [-0.2, -0.15) is 39.5 Å². The molecule has 1 unspecified atom stereocenters. The number of ether oxygens (including phenoxy) is 1. The second kappa shape index (κ2) is 9.61. The first-order valence-electron chi connectivity index (χ1n) is 10.9. The summed E-state index contributed by atoms with van der Waals surface area (Å²) in [5.74, 6) is -1.41. The van der Waals surface area contributed by atoms with Gasteiger partial charge in [-0.05, 0) is 35.4 Å². The molecule has 1 aromatic heterocycles. The number of rotatable bonds is 5. The molecule has 1 aliphatic rings. The van der Waals surface area contributed by atoms with Crippen molar-refractivity contribution in [3.05, 3.63) is 86.8 Å². The van der Waals surface area contributed by atoms with Crippen LogP contribution in [0.4, 0.5) is 45.5 Å². The molecule has 0 aliphatic carbocycles. The first kappa shape index (κ1) is 28.0. The van der Waals surface area contributed by atoms with Gasteiger partial charge in [0.2, 0.25) is 5.95 Å². The fourth-order valence-electron chi connectivity index (χ4n) is 4.14. The minimum absolute atomic E-state index is 0.0953. The van der Waals surface area contributed by atoms with Crippen LogP contribution in [0.3, 0.4) is 0 Å². The van der Waals surface area contributed by atoms with E-state index in [1.807, 2.05) is 0 Å². The molecule has 1 amide bonds. The number of carbonyl (C=O) groups excluding carboxylic acids is 1. The van der Waals surface area contributed by atoms with E-state index in [9.17, 15) is 49.1 Å². The van der Waals surface area contributed by atoms with Crippen LogP contribution in [0.2, 0.25) is 0 Å².